The van der Waals surface area contributed by atoms with Crippen LogP contribution in [-0.4, -0.2) is 111 Å². The van der Waals surface area contributed by atoms with Crippen molar-refractivity contribution in [2.45, 2.75) is 48.7 Å². The molecule has 2 fully saturated rings. The Kier molecular flexibility index (Phi) is 8.20. The molecular weight excluding hydrogens is 548 g/mol. The van der Waals surface area contributed by atoms with E-state index in [4.69, 9.17) is 28.1 Å². The van der Waals surface area contributed by atoms with Crippen molar-refractivity contribution in [2.75, 3.05) is 26.9 Å². The Hall–Kier alpha value is -3.31. The summed E-state index contributed by atoms with van der Waals surface area (Å²) in [5, 5.41) is 70.8. The molecule has 0 spiro atoms. The van der Waals surface area contributed by atoms with E-state index in [2.05, 4.69) is 0 Å². The molecule has 3 heterocycles. The Morgan fingerprint density at radius 1 is 1.02 bits per heavy atom. The van der Waals surface area contributed by atoms with E-state index in [-0.39, 0.29) is 45.8 Å². The average molecular weight is 579 g/mol. The molecule has 222 valence electrons. The Morgan fingerprint density at radius 3 is 2.51 bits per heavy atom. The number of methoxy groups -OCH3 is 1. The molecule has 2 aliphatic heterocycles. The topological polar surface area (TPSA) is 218 Å². The summed E-state index contributed by atoms with van der Waals surface area (Å²) >= 11 is 0. The second kappa shape index (κ2) is 11.5. The minimum atomic E-state index is -1.92. The van der Waals surface area contributed by atoms with E-state index in [1.54, 1.807) is 6.07 Å². The fourth-order valence-electron chi connectivity index (χ4n) is 4.64. The standard InChI is InChI=1S/C27H30O14/c1-36-18-6-12(2-5-16(18)29)15-8-37-17-7-13(3-4-14(17)20(15)30)40-25-23(33)22(32)21(31)19(41-25)9-38-26-24(34)27(35,10-28)11-39-26/h2-8,19,21-26,28-29,31-35H,9-11H2,1H3/t19-,21-,22+,23-,24+,25-,26-,27-/m1/s1. The first-order valence-corrected chi connectivity index (χ1v) is 12.6. The van der Waals surface area contributed by atoms with E-state index in [1.165, 1.54) is 43.7 Å². The summed E-state index contributed by atoms with van der Waals surface area (Å²) in [7, 11) is 1.39. The van der Waals surface area contributed by atoms with Gasteiger partial charge < -0.3 is 63.8 Å². The number of phenolic OH excluding ortho intramolecular Hbond substituents is 1. The van der Waals surface area contributed by atoms with Crippen LogP contribution in [0, 0.1) is 0 Å². The number of fused-ring (bicyclic) bond motifs is 1. The first kappa shape index (κ1) is 29.2. The second-order valence-electron chi connectivity index (χ2n) is 9.87. The van der Waals surface area contributed by atoms with Crippen LogP contribution in [0.4, 0.5) is 0 Å². The highest BCUT2D eigenvalue weighted by Gasteiger charge is 2.50. The summed E-state index contributed by atoms with van der Waals surface area (Å²) in [5.41, 5.74) is -1.44. The monoisotopic (exact) mass is 578 g/mol. The summed E-state index contributed by atoms with van der Waals surface area (Å²) in [6, 6.07) is 8.69. The minimum absolute atomic E-state index is 0.0832. The Bertz CT molecular complexity index is 1440. The van der Waals surface area contributed by atoms with Gasteiger partial charge in [-0.25, -0.2) is 0 Å². The molecule has 0 radical (unpaired) electrons. The lowest BCUT2D eigenvalue weighted by Crippen LogP contribution is -2.60. The summed E-state index contributed by atoms with van der Waals surface area (Å²) in [6.07, 6.45) is -9.40. The van der Waals surface area contributed by atoms with Gasteiger partial charge in [0.2, 0.25) is 6.29 Å². The maximum absolute atomic E-state index is 13.2. The molecular formula is C27H30O14. The molecule has 0 aliphatic carbocycles. The van der Waals surface area contributed by atoms with Crippen molar-refractivity contribution < 1.29 is 63.8 Å². The van der Waals surface area contributed by atoms with Crippen molar-refractivity contribution >= 4 is 11.0 Å². The van der Waals surface area contributed by atoms with Crippen molar-refractivity contribution in [3.63, 3.8) is 0 Å². The number of ether oxygens (including phenoxy) is 5. The van der Waals surface area contributed by atoms with Crippen LogP contribution in [0.15, 0.2) is 51.9 Å². The predicted molar refractivity (Wildman–Crippen MR) is 137 cm³/mol. The quantitative estimate of drug-likeness (QED) is 0.167. The van der Waals surface area contributed by atoms with E-state index in [0.29, 0.717) is 5.56 Å². The van der Waals surface area contributed by atoms with Gasteiger partial charge in [0, 0.05) is 6.07 Å². The molecule has 0 saturated carbocycles. The van der Waals surface area contributed by atoms with Gasteiger partial charge in [0.25, 0.3) is 0 Å². The molecule has 2 aliphatic rings. The lowest BCUT2D eigenvalue weighted by Gasteiger charge is -2.40. The molecule has 0 bridgehead atoms. The average Bonchev–Trinajstić information content (AvgIpc) is 3.26. The van der Waals surface area contributed by atoms with E-state index in [0.717, 1.165) is 0 Å². The van der Waals surface area contributed by atoms with Crippen LogP contribution in [0.3, 0.4) is 0 Å². The fourth-order valence-corrected chi connectivity index (χ4v) is 4.64. The minimum Gasteiger partial charge on any atom is -0.504 e. The van der Waals surface area contributed by atoms with Gasteiger partial charge in [0.05, 0.1) is 37.9 Å². The lowest BCUT2D eigenvalue weighted by atomic mass is 9.99. The van der Waals surface area contributed by atoms with Crippen molar-refractivity contribution in [2.24, 2.45) is 0 Å². The third-order valence-electron chi connectivity index (χ3n) is 7.16. The molecule has 14 nitrogen and oxygen atoms in total. The zero-order chi connectivity index (χ0) is 29.5. The van der Waals surface area contributed by atoms with E-state index in [9.17, 15) is 40.5 Å². The molecule has 41 heavy (non-hydrogen) atoms. The van der Waals surface area contributed by atoms with Crippen LogP contribution in [0.25, 0.3) is 22.1 Å². The number of aliphatic hydroxyl groups excluding tert-OH is 5. The smallest absolute Gasteiger partial charge is 0.229 e. The van der Waals surface area contributed by atoms with Gasteiger partial charge in [-0.2, -0.15) is 0 Å². The third-order valence-corrected chi connectivity index (χ3v) is 7.16. The molecule has 0 amide bonds. The van der Waals surface area contributed by atoms with Gasteiger partial charge >= 0.3 is 0 Å². The van der Waals surface area contributed by atoms with E-state index >= 15 is 0 Å². The molecule has 1 aromatic heterocycles. The summed E-state index contributed by atoms with van der Waals surface area (Å²) in [4.78, 5) is 13.2. The molecule has 2 aromatic carbocycles. The third kappa shape index (κ3) is 5.49. The largest absolute Gasteiger partial charge is 0.504 e. The molecule has 2 saturated heterocycles. The molecule has 7 N–H and O–H groups in total. The van der Waals surface area contributed by atoms with Crippen molar-refractivity contribution in [3.05, 3.63) is 52.9 Å². The van der Waals surface area contributed by atoms with Gasteiger partial charge in [0.15, 0.2) is 23.2 Å². The first-order valence-electron chi connectivity index (χ1n) is 12.6. The first-order chi connectivity index (χ1) is 19.6. The second-order valence-corrected chi connectivity index (χ2v) is 9.87. The highest BCUT2D eigenvalue weighted by Crippen LogP contribution is 2.32. The summed E-state index contributed by atoms with van der Waals surface area (Å²) in [6.45, 7) is -1.60. The molecule has 5 rings (SSSR count). The highest BCUT2D eigenvalue weighted by molar-refractivity contribution is 5.83. The number of hydrogen-bond donors (Lipinski definition) is 7. The molecule has 3 aromatic rings. The Morgan fingerprint density at radius 2 is 1.80 bits per heavy atom. The number of rotatable bonds is 8. The number of phenols is 1. The van der Waals surface area contributed by atoms with Crippen LogP contribution in [-0.2, 0) is 14.2 Å². The number of benzene rings is 2. The van der Waals surface area contributed by atoms with Crippen molar-refractivity contribution in [1.29, 1.82) is 0 Å². The number of aliphatic hydroxyl groups is 6. The lowest BCUT2D eigenvalue weighted by molar-refractivity contribution is -0.289. The Labute approximate surface area is 232 Å². The highest BCUT2D eigenvalue weighted by atomic mass is 16.7. The zero-order valence-electron chi connectivity index (χ0n) is 21.7. The van der Waals surface area contributed by atoms with Crippen molar-refractivity contribution in [3.8, 4) is 28.4 Å². The van der Waals surface area contributed by atoms with Crippen LogP contribution in [0.2, 0.25) is 0 Å². The van der Waals surface area contributed by atoms with Crippen LogP contribution in [0.5, 0.6) is 17.2 Å². The van der Waals surface area contributed by atoms with Crippen LogP contribution >= 0.6 is 0 Å². The summed E-state index contributed by atoms with van der Waals surface area (Å²) in [5.74, 6) is 0.209. The Balaban J connectivity index is 1.31. The van der Waals surface area contributed by atoms with E-state index < -0.39 is 61.9 Å². The maximum atomic E-state index is 13.2. The fraction of sp³-hybridized carbons (Fsp3) is 0.444. The van der Waals surface area contributed by atoms with Crippen LogP contribution in [0.1, 0.15) is 0 Å². The van der Waals surface area contributed by atoms with Gasteiger partial charge in [0.1, 0.15) is 53.7 Å². The maximum Gasteiger partial charge on any atom is 0.229 e. The van der Waals surface area contributed by atoms with Gasteiger partial charge in [-0.05, 0) is 29.8 Å². The number of hydrogen-bond acceptors (Lipinski definition) is 14. The molecule has 8 atom stereocenters. The summed E-state index contributed by atoms with van der Waals surface area (Å²) < 4.78 is 32.6. The number of aromatic hydroxyl groups is 1. The molecule has 0 unspecified atom stereocenters. The van der Waals surface area contributed by atoms with Crippen molar-refractivity contribution in [1.82, 2.24) is 0 Å². The van der Waals surface area contributed by atoms with Gasteiger partial charge in [-0.1, -0.05) is 6.07 Å². The van der Waals surface area contributed by atoms with Gasteiger partial charge in [-0.3, -0.25) is 4.79 Å². The predicted octanol–water partition coefficient (Wildman–Crippen LogP) is -1.18. The SMILES string of the molecule is COc1cc(-c2coc3cc(O[C@@H]4O[C@H](CO[C@@H]5OC[C@](O)(CO)[C@H]5O)[C@@H](O)[C@H](O)[C@H]4O)ccc3c2=O)ccc1O. The van der Waals surface area contributed by atoms with Crippen LogP contribution < -0.4 is 14.9 Å². The zero-order valence-corrected chi connectivity index (χ0v) is 21.7. The van der Waals surface area contributed by atoms with E-state index in [1.807, 2.05) is 0 Å². The van der Waals surface area contributed by atoms with Gasteiger partial charge in [-0.15, -0.1) is 0 Å². The molecule has 14 heteroatoms. The normalized spacial score (nSPS) is 31.8.